The summed E-state index contributed by atoms with van der Waals surface area (Å²) in [5.41, 5.74) is 0.266. The molecule has 1 aromatic carbocycles. The summed E-state index contributed by atoms with van der Waals surface area (Å²) in [5.74, 6) is -1.40. The van der Waals surface area contributed by atoms with Gasteiger partial charge in [-0.25, -0.2) is 4.79 Å². The highest BCUT2D eigenvalue weighted by atomic mass is 32.2. The highest BCUT2D eigenvalue weighted by Gasteiger charge is 2.23. The third-order valence-electron chi connectivity index (χ3n) is 3.57. The first kappa shape index (κ1) is 20.3. The maximum Gasteiger partial charge on any atom is 0.326 e. The summed E-state index contributed by atoms with van der Waals surface area (Å²) < 4.78 is 5.19. The molecular weight excluding hydrogens is 368 g/mol. The van der Waals surface area contributed by atoms with Gasteiger partial charge in [0.2, 0.25) is 0 Å². The number of benzene rings is 1. The van der Waals surface area contributed by atoms with E-state index in [1.54, 1.807) is 42.5 Å². The van der Waals surface area contributed by atoms with E-state index in [0.29, 0.717) is 17.1 Å². The van der Waals surface area contributed by atoms with E-state index < -0.39 is 23.8 Å². The fourth-order valence-electron chi connectivity index (χ4n) is 2.19. The molecule has 1 atom stereocenters. The predicted octanol–water partition coefficient (Wildman–Crippen LogP) is 2.37. The molecule has 0 bridgehead atoms. The molecule has 0 radical (unpaired) electrons. The van der Waals surface area contributed by atoms with Crippen molar-refractivity contribution >= 4 is 35.6 Å². The molecule has 0 saturated carbocycles. The van der Waals surface area contributed by atoms with Crippen LogP contribution in [0.25, 0.3) is 6.08 Å². The fourth-order valence-corrected chi connectivity index (χ4v) is 2.66. The van der Waals surface area contributed by atoms with Gasteiger partial charge in [0.1, 0.15) is 17.5 Å². The van der Waals surface area contributed by atoms with Crippen molar-refractivity contribution < 1.29 is 23.9 Å². The number of thioether (sulfide) groups is 1. The van der Waals surface area contributed by atoms with Gasteiger partial charge in [0.25, 0.3) is 11.8 Å². The Morgan fingerprint density at radius 2 is 1.93 bits per heavy atom. The normalized spacial score (nSPS) is 12.3. The molecule has 1 aromatic heterocycles. The number of furan rings is 1. The quantitative estimate of drug-likeness (QED) is 0.569. The van der Waals surface area contributed by atoms with Crippen LogP contribution in [0.2, 0.25) is 0 Å². The number of rotatable bonds is 9. The minimum absolute atomic E-state index is 0.103. The lowest BCUT2D eigenvalue weighted by atomic mass is 10.2. The summed E-state index contributed by atoms with van der Waals surface area (Å²) >= 11 is 1.48. The molecule has 27 heavy (non-hydrogen) atoms. The SMILES string of the molecule is CSCCC(NC(=O)/C(=C/c1ccco1)NC(=O)c1ccccc1)C(=O)O. The summed E-state index contributed by atoms with van der Waals surface area (Å²) in [6.45, 7) is 0. The molecule has 8 heteroatoms. The van der Waals surface area contributed by atoms with E-state index in [0.717, 1.165) is 0 Å². The number of aliphatic carboxylic acids is 1. The Bertz CT molecular complexity index is 803. The number of carboxylic acid groups (broad SMARTS) is 1. The smallest absolute Gasteiger partial charge is 0.326 e. The zero-order valence-corrected chi connectivity index (χ0v) is 15.5. The van der Waals surface area contributed by atoms with Gasteiger partial charge < -0.3 is 20.2 Å². The topological polar surface area (TPSA) is 109 Å². The third kappa shape index (κ3) is 6.34. The average Bonchev–Trinajstić information content (AvgIpc) is 3.18. The summed E-state index contributed by atoms with van der Waals surface area (Å²) in [5, 5.41) is 14.3. The molecule has 1 unspecified atom stereocenters. The van der Waals surface area contributed by atoms with E-state index in [4.69, 9.17) is 4.42 Å². The molecule has 2 rings (SSSR count). The Kier molecular flexibility index (Phi) is 7.69. The molecule has 2 amide bonds. The van der Waals surface area contributed by atoms with E-state index in [1.807, 2.05) is 6.26 Å². The number of nitrogens with one attached hydrogen (secondary N) is 2. The Morgan fingerprint density at radius 3 is 2.52 bits per heavy atom. The van der Waals surface area contributed by atoms with Crippen molar-refractivity contribution in [1.29, 1.82) is 0 Å². The third-order valence-corrected chi connectivity index (χ3v) is 4.22. The van der Waals surface area contributed by atoms with Gasteiger partial charge >= 0.3 is 5.97 Å². The van der Waals surface area contributed by atoms with Crippen LogP contribution in [0.4, 0.5) is 0 Å². The molecule has 0 aliphatic heterocycles. The Labute approximate surface area is 160 Å². The van der Waals surface area contributed by atoms with Crippen molar-refractivity contribution in [2.75, 3.05) is 12.0 Å². The Hall–Kier alpha value is -3.00. The maximum atomic E-state index is 12.6. The minimum atomic E-state index is -1.14. The van der Waals surface area contributed by atoms with Crippen molar-refractivity contribution in [1.82, 2.24) is 10.6 Å². The summed E-state index contributed by atoms with van der Waals surface area (Å²) in [6, 6.07) is 10.6. The van der Waals surface area contributed by atoms with Crippen molar-refractivity contribution in [3.05, 3.63) is 65.7 Å². The molecule has 0 aliphatic carbocycles. The average molecular weight is 388 g/mol. The standard InChI is InChI=1S/C19H20N2O5S/c1-27-11-9-15(19(24)25)20-18(23)16(12-14-8-5-10-26-14)21-17(22)13-6-3-2-4-7-13/h2-8,10,12,15H,9,11H2,1H3,(H,20,23)(H,21,22)(H,24,25)/b16-12-. The first-order valence-corrected chi connectivity index (χ1v) is 9.55. The number of carboxylic acids is 1. The van der Waals surface area contributed by atoms with Crippen molar-refractivity contribution in [3.8, 4) is 0 Å². The van der Waals surface area contributed by atoms with Gasteiger partial charge in [-0.3, -0.25) is 9.59 Å². The molecule has 3 N–H and O–H groups in total. The van der Waals surface area contributed by atoms with Crippen molar-refractivity contribution in [2.24, 2.45) is 0 Å². The predicted molar refractivity (Wildman–Crippen MR) is 103 cm³/mol. The van der Waals surface area contributed by atoms with Crippen LogP contribution < -0.4 is 10.6 Å². The van der Waals surface area contributed by atoms with Crippen LogP contribution in [0.3, 0.4) is 0 Å². The molecule has 0 fully saturated rings. The van der Waals surface area contributed by atoms with Gasteiger partial charge in [-0.2, -0.15) is 11.8 Å². The van der Waals surface area contributed by atoms with E-state index in [2.05, 4.69) is 10.6 Å². The van der Waals surface area contributed by atoms with Crippen LogP contribution in [0, 0.1) is 0 Å². The zero-order valence-electron chi connectivity index (χ0n) is 14.7. The highest BCUT2D eigenvalue weighted by molar-refractivity contribution is 7.98. The first-order valence-electron chi connectivity index (χ1n) is 8.15. The van der Waals surface area contributed by atoms with Crippen LogP contribution in [0.15, 0.2) is 58.8 Å². The molecule has 1 heterocycles. The second-order valence-corrected chi connectivity index (χ2v) is 6.52. The van der Waals surface area contributed by atoms with Gasteiger partial charge in [0.05, 0.1) is 6.26 Å². The lowest BCUT2D eigenvalue weighted by Gasteiger charge is -2.16. The zero-order chi connectivity index (χ0) is 19.6. The van der Waals surface area contributed by atoms with Crippen LogP contribution in [0.5, 0.6) is 0 Å². The molecular formula is C19H20N2O5S. The number of amides is 2. The summed E-state index contributed by atoms with van der Waals surface area (Å²) in [7, 11) is 0. The van der Waals surface area contributed by atoms with Gasteiger partial charge in [-0.05, 0) is 42.7 Å². The summed E-state index contributed by atoms with van der Waals surface area (Å²) in [6.07, 6.45) is 4.90. The molecule has 0 spiro atoms. The number of carbonyl (C=O) groups is 3. The van der Waals surface area contributed by atoms with Crippen LogP contribution in [-0.2, 0) is 9.59 Å². The lowest BCUT2D eigenvalue weighted by Crippen LogP contribution is -2.44. The van der Waals surface area contributed by atoms with Crippen LogP contribution in [0.1, 0.15) is 22.5 Å². The second-order valence-electron chi connectivity index (χ2n) is 5.54. The maximum absolute atomic E-state index is 12.6. The first-order chi connectivity index (χ1) is 13.0. The molecule has 2 aromatic rings. The van der Waals surface area contributed by atoms with Gasteiger partial charge in [0, 0.05) is 11.6 Å². The fraction of sp³-hybridized carbons (Fsp3) is 0.211. The molecule has 0 saturated heterocycles. The van der Waals surface area contributed by atoms with E-state index >= 15 is 0 Å². The lowest BCUT2D eigenvalue weighted by molar-refractivity contribution is -0.141. The van der Waals surface area contributed by atoms with Gasteiger partial charge in [-0.15, -0.1) is 0 Å². The number of hydrogen-bond donors (Lipinski definition) is 3. The molecule has 0 aliphatic rings. The summed E-state index contributed by atoms with van der Waals surface area (Å²) in [4.78, 5) is 36.4. The minimum Gasteiger partial charge on any atom is -0.480 e. The van der Waals surface area contributed by atoms with Crippen molar-refractivity contribution in [3.63, 3.8) is 0 Å². The number of carbonyl (C=O) groups excluding carboxylic acids is 2. The van der Waals surface area contributed by atoms with Crippen molar-refractivity contribution in [2.45, 2.75) is 12.5 Å². The Morgan fingerprint density at radius 1 is 1.19 bits per heavy atom. The molecule has 142 valence electrons. The largest absolute Gasteiger partial charge is 0.480 e. The second kappa shape index (κ2) is 10.2. The Balaban J connectivity index is 2.20. The van der Waals surface area contributed by atoms with Gasteiger partial charge in [0.15, 0.2) is 0 Å². The van der Waals surface area contributed by atoms with Crippen LogP contribution in [-0.4, -0.2) is 40.9 Å². The van der Waals surface area contributed by atoms with Gasteiger partial charge in [-0.1, -0.05) is 18.2 Å². The molecule has 7 nitrogen and oxygen atoms in total. The monoisotopic (exact) mass is 388 g/mol. The number of hydrogen-bond acceptors (Lipinski definition) is 5. The van der Waals surface area contributed by atoms with Crippen LogP contribution >= 0.6 is 11.8 Å². The highest BCUT2D eigenvalue weighted by Crippen LogP contribution is 2.09. The van der Waals surface area contributed by atoms with E-state index in [1.165, 1.54) is 24.1 Å². The van der Waals surface area contributed by atoms with E-state index in [9.17, 15) is 19.5 Å². The van der Waals surface area contributed by atoms with E-state index in [-0.39, 0.29) is 12.1 Å².